The molecule has 0 unspecified atom stereocenters. The molecule has 26 heavy (non-hydrogen) atoms. The van der Waals surface area contributed by atoms with Crippen LogP contribution in [0.2, 0.25) is 0 Å². The average Bonchev–Trinajstić information content (AvgIpc) is 3.30. The monoisotopic (exact) mass is 420 g/mol. The topological polar surface area (TPSA) is 87.3 Å². The van der Waals surface area contributed by atoms with Crippen LogP contribution in [-0.4, -0.2) is 46.6 Å². The number of alkyl carbamates (subject to hydrolysis) is 1. The summed E-state index contributed by atoms with van der Waals surface area (Å²) in [7, 11) is 1.28. The van der Waals surface area contributed by atoms with E-state index in [2.05, 4.69) is 36.0 Å². The van der Waals surface area contributed by atoms with E-state index in [1.165, 1.54) is 7.11 Å². The smallest absolute Gasteiger partial charge is 0.407 e. The normalized spacial score (nSPS) is 17.8. The number of nitrogens with one attached hydrogen (secondary N) is 2. The van der Waals surface area contributed by atoms with Crippen LogP contribution in [0.4, 0.5) is 4.79 Å². The zero-order valence-corrected chi connectivity index (χ0v) is 16.2. The van der Waals surface area contributed by atoms with Gasteiger partial charge in [0.05, 0.1) is 25.0 Å². The van der Waals surface area contributed by atoms with Gasteiger partial charge in [0.1, 0.15) is 11.9 Å². The van der Waals surface area contributed by atoms with Gasteiger partial charge in [-0.1, -0.05) is 28.1 Å². The van der Waals surface area contributed by atoms with Crippen LogP contribution in [-0.2, 0) is 9.53 Å². The second-order valence-electron chi connectivity index (χ2n) is 6.24. The van der Waals surface area contributed by atoms with E-state index in [9.17, 15) is 9.59 Å². The standard InChI is InChI=1S/C18H21BrN4O3/c1-11(21-18(25)26-2)17(24)23-9-3-4-15(23)16-20-10-14(22-16)12-5-7-13(19)8-6-12/h5-8,10-11,15H,3-4,9H2,1-2H3,(H,20,22)(H,21,25)/t11-,15-/m0/s1. The van der Waals surface area contributed by atoms with Gasteiger partial charge in [-0.25, -0.2) is 9.78 Å². The summed E-state index contributed by atoms with van der Waals surface area (Å²) in [4.78, 5) is 33.7. The Bertz CT molecular complexity index is 790. The van der Waals surface area contributed by atoms with Crippen LogP contribution in [0.5, 0.6) is 0 Å². The van der Waals surface area contributed by atoms with Crippen molar-refractivity contribution in [2.45, 2.75) is 31.8 Å². The second-order valence-corrected chi connectivity index (χ2v) is 7.15. The number of halogens is 1. The summed E-state index contributed by atoms with van der Waals surface area (Å²) in [6, 6.07) is 7.18. The summed E-state index contributed by atoms with van der Waals surface area (Å²) in [5.74, 6) is 0.624. The molecule has 2 heterocycles. The molecule has 1 aromatic heterocycles. The molecule has 1 fully saturated rings. The number of aromatic nitrogens is 2. The number of carbonyl (C=O) groups excluding carboxylic acids is 2. The number of benzene rings is 1. The highest BCUT2D eigenvalue weighted by molar-refractivity contribution is 9.10. The Hall–Kier alpha value is -2.35. The number of imidazole rings is 1. The predicted octanol–water partition coefficient (Wildman–Crippen LogP) is 3.25. The van der Waals surface area contributed by atoms with Gasteiger partial charge < -0.3 is 19.9 Å². The fraction of sp³-hybridized carbons (Fsp3) is 0.389. The number of methoxy groups -OCH3 is 1. The molecule has 1 aliphatic heterocycles. The molecular formula is C18H21BrN4O3. The first-order chi connectivity index (χ1) is 12.5. The van der Waals surface area contributed by atoms with E-state index in [0.29, 0.717) is 6.54 Å². The van der Waals surface area contributed by atoms with E-state index in [1.807, 2.05) is 24.3 Å². The van der Waals surface area contributed by atoms with Gasteiger partial charge in [0, 0.05) is 11.0 Å². The number of aromatic amines is 1. The molecule has 1 aromatic carbocycles. The van der Waals surface area contributed by atoms with Crippen molar-refractivity contribution in [3.05, 3.63) is 40.8 Å². The van der Waals surface area contributed by atoms with Gasteiger partial charge >= 0.3 is 6.09 Å². The molecule has 0 spiro atoms. The minimum absolute atomic E-state index is 0.117. The van der Waals surface area contributed by atoms with Gasteiger partial charge in [0.15, 0.2) is 0 Å². The Morgan fingerprint density at radius 1 is 1.38 bits per heavy atom. The molecule has 0 bridgehead atoms. The van der Waals surface area contributed by atoms with E-state index < -0.39 is 12.1 Å². The average molecular weight is 421 g/mol. The van der Waals surface area contributed by atoms with Gasteiger partial charge in [-0.2, -0.15) is 0 Å². The Morgan fingerprint density at radius 2 is 2.12 bits per heavy atom. The second kappa shape index (κ2) is 7.90. The van der Waals surface area contributed by atoms with Crippen LogP contribution in [0.15, 0.2) is 34.9 Å². The molecule has 1 aliphatic rings. The molecule has 2 N–H and O–H groups in total. The SMILES string of the molecule is COC(=O)N[C@@H](C)C(=O)N1CCC[C@H]1c1ncc(-c2ccc(Br)cc2)[nH]1. The van der Waals surface area contributed by atoms with Gasteiger partial charge in [0.25, 0.3) is 0 Å². The number of hydrogen-bond donors (Lipinski definition) is 2. The van der Waals surface area contributed by atoms with E-state index in [-0.39, 0.29) is 11.9 Å². The van der Waals surface area contributed by atoms with Gasteiger partial charge in [-0.3, -0.25) is 4.79 Å². The molecule has 2 amide bonds. The number of likely N-dealkylation sites (tertiary alicyclic amines) is 1. The third-order valence-electron chi connectivity index (χ3n) is 4.49. The number of rotatable bonds is 4. The maximum atomic E-state index is 12.7. The summed E-state index contributed by atoms with van der Waals surface area (Å²) in [6.45, 7) is 2.30. The van der Waals surface area contributed by atoms with Crippen molar-refractivity contribution in [1.29, 1.82) is 0 Å². The lowest BCUT2D eigenvalue weighted by Gasteiger charge is -2.26. The molecule has 138 valence electrons. The number of hydrogen-bond acceptors (Lipinski definition) is 4. The fourth-order valence-electron chi connectivity index (χ4n) is 3.14. The Labute approximate surface area is 160 Å². The Balaban J connectivity index is 1.75. The number of ether oxygens (including phenoxy) is 1. The summed E-state index contributed by atoms with van der Waals surface area (Å²) >= 11 is 3.43. The number of H-pyrrole nitrogens is 1. The highest BCUT2D eigenvalue weighted by Crippen LogP contribution is 2.32. The lowest BCUT2D eigenvalue weighted by atomic mass is 10.2. The van der Waals surface area contributed by atoms with Crippen LogP contribution in [0.3, 0.4) is 0 Å². The van der Waals surface area contributed by atoms with Gasteiger partial charge in [-0.15, -0.1) is 0 Å². The zero-order valence-electron chi connectivity index (χ0n) is 14.7. The van der Waals surface area contributed by atoms with Crippen molar-refractivity contribution in [2.75, 3.05) is 13.7 Å². The largest absolute Gasteiger partial charge is 0.453 e. The van der Waals surface area contributed by atoms with Gasteiger partial charge in [-0.05, 0) is 37.5 Å². The van der Waals surface area contributed by atoms with Crippen LogP contribution in [0, 0.1) is 0 Å². The lowest BCUT2D eigenvalue weighted by Crippen LogP contribution is -2.46. The van der Waals surface area contributed by atoms with Crippen LogP contribution in [0.1, 0.15) is 31.6 Å². The van der Waals surface area contributed by atoms with Crippen molar-refractivity contribution in [3.63, 3.8) is 0 Å². The molecule has 2 aromatic rings. The summed E-state index contributed by atoms with van der Waals surface area (Å²) in [5, 5.41) is 2.53. The summed E-state index contributed by atoms with van der Waals surface area (Å²) in [5.41, 5.74) is 1.94. The highest BCUT2D eigenvalue weighted by Gasteiger charge is 2.34. The summed E-state index contributed by atoms with van der Waals surface area (Å²) in [6.07, 6.45) is 2.91. The fourth-order valence-corrected chi connectivity index (χ4v) is 3.41. The first-order valence-electron chi connectivity index (χ1n) is 8.45. The third-order valence-corrected chi connectivity index (χ3v) is 5.02. The maximum absolute atomic E-state index is 12.7. The quantitative estimate of drug-likeness (QED) is 0.794. The molecule has 7 nitrogen and oxygen atoms in total. The van der Waals surface area contributed by atoms with E-state index >= 15 is 0 Å². The van der Waals surface area contributed by atoms with Crippen molar-refractivity contribution in [1.82, 2.24) is 20.2 Å². The predicted molar refractivity (Wildman–Crippen MR) is 100 cm³/mol. The van der Waals surface area contributed by atoms with Crippen LogP contribution >= 0.6 is 15.9 Å². The molecule has 2 atom stereocenters. The summed E-state index contributed by atoms with van der Waals surface area (Å²) < 4.78 is 5.58. The molecule has 0 aliphatic carbocycles. The van der Waals surface area contributed by atoms with E-state index in [1.54, 1.807) is 18.0 Å². The Kier molecular flexibility index (Phi) is 5.61. The minimum Gasteiger partial charge on any atom is -0.453 e. The van der Waals surface area contributed by atoms with Crippen molar-refractivity contribution < 1.29 is 14.3 Å². The highest BCUT2D eigenvalue weighted by atomic mass is 79.9. The first-order valence-corrected chi connectivity index (χ1v) is 9.24. The number of carbonyl (C=O) groups is 2. The number of amides is 2. The van der Waals surface area contributed by atoms with Gasteiger partial charge in [0.2, 0.25) is 5.91 Å². The molecular weight excluding hydrogens is 400 g/mol. The first kappa shape index (κ1) is 18.4. The molecule has 3 rings (SSSR count). The van der Waals surface area contributed by atoms with E-state index in [0.717, 1.165) is 34.4 Å². The molecule has 8 heteroatoms. The van der Waals surface area contributed by atoms with Crippen molar-refractivity contribution in [2.24, 2.45) is 0 Å². The third kappa shape index (κ3) is 3.90. The Morgan fingerprint density at radius 3 is 2.81 bits per heavy atom. The maximum Gasteiger partial charge on any atom is 0.407 e. The van der Waals surface area contributed by atoms with Crippen molar-refractivity contribution >= 4 is 27.9 Å². The lowest BCUT2D eigenvalue weighted by molar-refractivity contribution is -0.134. The van der Waals surface area contributed by atoms with E-state index in [4.69, 9.17) is 0 Å². The number of nitrogens with zero attached hydrogens (tertiary/aromatic N) is 2. The molecule has 0 radical (unpaired) electrons. The minimum atomic E-state index is -0.649. The zero-order chi connectivity index (χ0) is 18.7. The molecule has 0 saturated carbocycles. The van der Waals surface area contributed by atoms with Crippen molar-refractivity contribution in [3.8, 4) is 11.3 Å². The van der Waals surface area contributed by atoms with Crippen LogP contribution < -0.4 is 5.32 Å². The molecule has 1 saturated heterocycles. The van der Waals surface area contributed by atoms with Crippen LogP contribution in [0.25, 0.3) is 11.3 Å².